The number of amides is 1. The average Bonchev–Trinajstić information content (AvgIpc) is 3.34. The Bertz CT molecular complexity index is 1580. The first-order chi connectivity index (χ1) is 16.4. The first kappa shape index (κ1) is 24.2. The molecule has 0 atom stereocenters. The maximum absolute atomic E-state index is 14.3. The lowest BCUT2D eigenvalue weighted by molar-refractivity contribution is -0.274. The van der Waals surface area contributed by atoms with Gasteiger partial charge in [0.1, 0.15) is 22.7 Å². The maximum atomic E-state index is 14.3. The summed E-state index contributed by atoms with van der Waals surface area (Å²) < 4.78 is 62.6. The van der Waals surface area contributed by atoms with Crippen molar-refractivity contribution in [2.75, 3.05) is 5.32 Å². The number of benzene rings is 1. The van der Waals surface area contributed by atoms with Crippen molar-refractivity contribution in [1.29, 1.82) is 0 Å². The Morgan fingerprint density at radius 2 is 1.94 bits per heavy atom. The largest absolute Gasteiger partial charge is 0.573 e. The van der Waals surface area contributed by atoms with Crippen molar-refractivity contribution in [3.8, 4) is 17.0 Å². The molecule has 3 aromatic heterocycles. The van der Waals surface area contributed by atoms with Crippen LogP contribution in [0.4, 0.5) is 22.7 Å². The van der Waals surface area contributed by atoms with Crippen LogP contribution in [0.15, 0.2) is 37.6 Å². The van der Waals surface area contributed by atoms with Gasteiger partial charge in [-0.25, -0.2) is 14.2 Å². The van der Waals surface area contributed by atoms with E-state index in [2.05, 4.69) is 15.0 Å². The highest BCUT2D eigenvalue weighted by atomic mass is 32.1. The van der Waals surface area contributed by atoms with Crippen molar-refractivity contribution in [1.82, 2.24) is 14.1 Å². The molecule has 0 aliphatic carbocycles. The van der Waals surface area contributed by atoms with Crippen LogP contribution in [-0.2, 0) is 25.3 Å². The van der Waals surface area contributed by atoms with E-state index in [0.29, 0.717) is 11.6 Å². The fourth-order valence-electron chi connectivity index (χ4n) is 3.48. The third-order valence-electron chi connectivity index (χ3n) is 5.13. The second kappa shape index (κ2) is 8.69. The summed E-state index contributed by atoms with van der Waals surface area (Å²) in [7, 11) is 2.75. The molecule has 9 nitrogen and oxygen atoms in total. The number of hydrogen-bond donors (Lipinski definition) is 1. The summed E-state index contributed by atoms with van der Waals surface area (Å²) in [6.07, 6.45) is -5.22. The van der Waals surface area contributed by atoms with Crippen LogP contribution in [0, 0.1) is 12.7 Å². The molecule has 0 aliphatic heterocycles. The second-order valence-electron chi connectivity index (χ2n) is 7.48. The fraction of sp³-hybridized carbons (Fsp3) is 0.238. The van der Waals surface area contributed by atoms with Crippen LogP contribution in [0.3, 0.4) is 0 Å². The molecule has 14 heteroatoms. The van der Waals surface area contributed by atoms with Gasteiger partial charge in [-0.3, -0.25) is 18.7 Å². The van der Waals surface area contributed by atoms with Crippen LogP contribution in [-0.4, -0.2) is 26.4 Å². The van der Waals surface area contributed by atoms with E-state index in [1.165, 1.54) is 19.5 Å². The van der Waals surface area contributed by atoms with Gasteiger partial charge in [-0.15, -0.1) is 24.5 Å². The van der Waals surface area contributed by atoms with Crippen molar-refractivity contribution in [3.05, 3.63) is 61.6 Å². The van der Waals surface area contributed by atoms with E-state index in [4.69, 9.17) is 4.42 Å². The topological polar surface area (TPSA) is 108 Å². The van der Waals surface area contributed by atoms with E-state index in [1.807, 2.05) is 0 Å². The van der Waals surface area contributed by atoms with E-state index in [1.54, 1.807) is 6.92 Å². The van der Waals surface area contributed by atoms with E-state index >= 15 is 0 Å². The Kier molecular flexibility index (Phi) is 6.00. The van der Waals surface area contributed by atoms with Crippen molar-refractivity contribution >= 4 is 33.5 Å². The number of anilines is 1. The third-order valence-corrected chi connectivity index (χ3v) is 5.88. The van der Waals surface area contributed by atoms with Gasteiger partial charge in [-0.2, -0.15) is 0 Å². The van der Waals surface area contributed by atoms with Gasteiger partial charge in [0.25, 0.3) is 5.56 Å². The highest BCUT2D eigenvalue weighted by Crippen LogP contribution is 2.31. The normalized spacial score (nSPS) is 11.7. The van der Waals surface area contributed by atoms with Gasteiger partial charge in [0, 0.05) is 36.7 Å². The number of carbonyl (C=O) groups is 1. The summed E-state index contributed by atoms with van der Waals surface area (Å²) in [6, 6.07) is 2.61. The molecule has 1 amide bonds. The molecule has 0 spiro atoms. The minimum absolute atomic E-state index is 0.0448. The lowest BCUT2D eigenvalue weighted by atomic mass is 10.1. The molecule has 35 heavy (non-hydrogen) atoms. The number of thiazole rings is 1. The number of rotatable bonds is 5. The smallest absolute Gasteiger partial charge is 0.444 e. The van der Waals surface area contributed by atoms with Gasteiger partial charge < -0.3 is 14.5 Å². The minimum Gasteiger partial charge on any atom is -0.444 e. The molecule has 1 N–H and O–H groups in total. The van der Waals surface area contributed by atoms with Crippen molar-refractivity contribution in [2.24, 2.45) is 14.1 Å². The number of fused-ring (bicyclic) bond motifs is 1. The highest BCUT2D eigenvalue weighted by Gasteiger charge is 2.31. The molecule has 4 rings (SSSR count). The van der Waals surface area contributed by atoms with Gasteiger partial charge in [0.05, 0.1) is 12.1 Å². The van der Waals surface area contributed by atoms with Crippen LogP contribution >= 0.6 is 11.3 Å². The van der Waals surface area contributed by atoms with Crippen LogP contribution in [0.2, 0.25) is 0 Å². The number of nitrogens with one attached hydrogen (secondary N) is 1. The molecule has 4 aromatic rings. The Balaban J connectivity index is 1.55. The SMILES string of the molecule is Cc1oc2c(c1CC(=O)Nc1nc(-c3ccc(OC(F)(F)F)cc3F)cs1)c(=O)n(C)c(=O)n2C. The van der Waals surface area contributed by atoms with Gasteiger partial charge in [-0.05, 0) is 19.1 Å². The first-order valence-electron chi connectivity index (χ1n) is 9.84. The summed E-state index contributed by atoms with van der Waals surface area (Å²) in [6.45, 7) is 1.56. The third kappa shape index (κ3) is 4.69. The molecular weight excluding hydrogens is 496 g/mol. The van der Waals surface area contributed by atoms with Crippen molar-refractivity contribution < 1.29 is 31.5 Å². The Morgan fingerprint density at radius 1 is 1.23 bits per heavy atom. The van der Waals surface area contributed by atoms with E-state index < -0.39 is 35.1 Å². The second-order valence-corrected chi connectivity index (χ2v) is 8.33. The summed E-state index contributed by atoms with van der Waals surface area (Å²) in [5.74, 6) is -1.97. The molecule has 1 aromatic carbocycles. The molecule has 184 valence electrons. The fourth-order valence-corrected chi connectivity index (χ4v) is 4.21. The first-order valence-corrected chi connectivity index (χ1v) is 10.7. The predicted octanol–water partition coefficient (Wildman–Crippen LogP) is 3.48. The molecule has 0 saturated carbocycles. The van der Waals surface area contributed by atoms with Gasteiger partial charge in [0.2, 0.25) is 11.6 Å². The number of hydrogen-bond acceptors (Lipinski definition) is 7. The summed E-state index contributed by atoms with van der Waals surface area (Å²) in [4.78, 5) is 41.5. The van der Waals surface area contributed by atoms with E-state index in [-0.39, 0.29) is 39.7 Å². The molecule has 0 saturated heterocycles. The Hall–Kier alpha value is -3.94. The zero-order valence-corrected chi connectivity index (χ0v) is 19.1. The molecule has 0 unspecified atom stereocenters. The number of nitrogens with zero attached hydrogens (tertiary/aromatic N) is 3. The summed E-state index contributed by atoms with van der Waals surface area (Å²) in [5.41, 5.74) is -0.826. The molecule has 0 aliphatic rings. The lowest BCUT2D eigenvalue weighted by Crippen LogP contribution is -2.36. The number of aryl methyl sites for hydroxylation is 2. The predicted molar refractivity (Wildman–Crippen MR) is 118 cm³/mol. The highest BCUT2D eigenvalue weighted by molar-refractivity contribution is 7.14. The summed E-state index contributed by atoms with van der Waals surface area (Å²) in [5, 5.41) is 4.16. The minimum atomic E-state index is -4.95. The van der Waals surface area contributed by atoms with E-state index in [0.717, 1.165) is 32.6 Å². The number of carbonyl (C=O) groups excluding carboxylic acids is 1. The van der Waals surface area contributed by atoms with Crippen molar-refractivity contribution in [3.63, 3.8) is 0 Å². The van der Waals surface area contributed by atoms with Crippen LogP contribution in [0.25, 0.3) is 22.4 Å². The molecule has 0 bridgehead atoms. The Morgan fingerprint density at radius 3 is 2.60 bits per heavy atom. The molecule has 0 radical (unpaired) electrons. The molecule has 0 fully saturated rings. The number of aromatic nitrogens is 3. The van der Waals surface area contributed by atoms with Crippen LogP contribution < -0.4 is 21.3 Å². The average molecular weight is 512 g/mol. The number of alkyl halides is 3. The zero-order chi connectivity index (χ0) is 25.7. The van der Waals surface area contributed by atoms with Gasteiger partial charge in [0.15, 0.2) is 5.13 Å². The number of ether oxygens (including phenoxy) is 1. The van der Waals surface area contributed by atoms with Crippen LogP contribution in [0.1, 0.15) is 11.3 Å². The van der Waals surface area contributed by atoms with Crippen molar-refractivity contribution in [2.45, 2.75) is 19.7 Å². The summed E-state index contributed by atoms with van der Waals surface area (Å²) >= 11 is 0.970. The lowest BCUT2D eigenvalue weighted by Gasteiger charge is -2.09. The van der Waals surface area contributed by atoms with Crippen LogP contribution in [0.5, 0.6) is 5.75 Å². The molecule has 3 heterocycles. The quantitative estimate of drug-likeness (QED) is 0.410. The standard InChI is InChI=1S/C21H16F4N4O5S/c1-9-12(16-17(31)28(2)20(32)29(3)18(16)33-9)7-15(30)27-19-26-14(8-35-19)11-5-4-10(6-13(11)22)34-21(23,24)25/h4-6,8H,7H2,1-3H3,(H,26,27,30). The zero-order valence-electron chi connectivity index (χ0n) is 18.3. The number of furan rings is 1. The van der Waals surface area contributed by atoms with Gasteiger partial charge in [-0.1, -0.05) is 0 Å². The van der Waals surface area contributed by atoms with Gasteiger partial charge >= 0.3 is 12.1 Å². The number of halogens is 4. The monoisotopic (exact) mass is 512 g/mol. The Labute approximate surface area is 197 Å². The maximum Gasteiger partial charge on any atom is 0.573 e. The van der Waals surface area contributed by atoms with E-state index in [9.17, 15) is 31.9 Å². The molecular formula is C21H16F4N4O5S.